The fraction of sp³-hybridized carbons (Fsp3) is 0.600. The average Bonchev–Trinajstić information content (AvgIpc) is 2.93. The number of anilines is 1. The number of aliphatic hydroxyl groups excluding tert-OH is 3. The molecule has 0 saturated carbocycles. The zero-order chi connectivity index (χ0) is 12.7. The molecule has 1 saturated heterocycles. The van der Waals surface area contributed by atoms with Crippen LogP contribution in [0.5, 0.6) is 0 Å². The Labute approximate surface area is 103 Å². The quantitative estimate of drug-likeness (QED) is 0.537. The lowest BCUT2D eigenvalue weighted by atomic mass is 10.2. The van der Waals surface area contributed by atoms with Crippen molar-refractivity contribution in [2.45, 2.75) is 31.1 Å². The first-order valence-corrected chi connectivity index (χ1v) is 5.68. The molecule has 3 rings (SSSR count). The van der Waals surface area contributed by atoms with Gasteiger partial charge in [-0.2, -0.15) is 0 Å². The normalized spacial score (nSPS) is 34.4. The molecule has 2 aliphatic rings. The van der Waals surface area contributed by atoms with Crippen molar-refractivity contribution in [1.82, 2.24) is 9.55 Å². The van der Waals surface area contributed by atoms with Gasteiger partial charge in [0.1, 0.15) is 23.8 Å². The lowest BCUT2D eigenvalue weighted by Gasteiger charge is -2.18. The van der Waals surface area contributed by atoms with Gasteiger partial charge in [0, 0.05) is 6.42 Å². The second-order valence-corrected chi connectivity index (χ2v) is 4.30. The fourth-order valence-corrected chi connectivity index (χ4v) is 2.22. The molecular weight excluding hydrogens is 240 g/mol. The molecule has 1 aromatic rings. The molecule has 0 aliphatic carbocycles. The van der Waals surface area contributed by atoms with Crippen LogP contribution in [0, 0.1) is 0 Å². The molecule has 2 aliphatic heterocycles. The Kier molecular flexibility index (Phi) is 2.78. The average molecular weight is 254 g/mol. The highest BCUT2D eigenvalue weighted by molar-refractivity contribution is 5.77. The highest BCUT2D eigenvalue weighted by atomic mass is 16.5. The number of aromatic nitrogens is 2. The lowest BCUT2D eigenvalue weighted by Crippen LogP contribution is -2.24. The maximum atomic E-state index is 9.70. The van der Waals surface area contributed by atoms with E-state index in [1.54, 1.807) is 4.57 Å². The Hall–Kier alpha value is -1.48. The van der Waals surface area contributed by atoms with Gasteiger partial charge in [-0.1, -0.05) is 0 Å². The third-order valence-corrected chi connectivity index (χ3v) is 3.18. The van der Waals surface area contributed by atoms with Gasteiger partial charge in [-0.05, 0) is 0 Å². The first-order chi connectivity index (χ1) is 8.70. The van der Waals surface area contributed by atoms with E-state index in [1.165, 1.54) is 12.7 Å². The van der Waals surface area contributed by atoms with Gasteiger partial charge >= 0.3 is 0 Å². The van der Waals surface area contributed by atoms with E-state index in [9.17, 15) is 10.2 Å². The van der Waals surface area contributed by atoms with Crippen LogP contribution in [0.1, 0.15) is 24.6 Å². The minimum absolute atomic E-state index is 0.230. The van der Waals surface area contributed by atoms with Crippen molar-refractivity contribution in [3.05, 3.63) is 12.0 Å². The zero-order valence-electron chi connectivity index (χ0n) is 9.47. The van der Waals surface area contributed by atoms with Crippen LogP contribution in [-0.2, 0) is 4.74 Å². The van der Waals surface area contributed by atoms with Crippen molar-refractivity contribution in [2.24, 2.45) is 4.99 Å². The predicted octanol–water partition coefficient (Wildman–Crippen LogP) is -1.03. The van der Waals surface area contributed by atoms with Crippen LogP contribution in [0.25, 0.3) is 0 Å². The molecule has 8 nitrogen and oxygen atoms in total. The molecule has 1 aromatic heterocycles. The molecule has 0 unspecified atom stereocenters. The van der Waals surface area contributed by atoms with Crippen LogP contribution in [-0.4, -0.2) is 50.0 Å². The topological polar surface area (TPSA) is 112 Å². The van der Waals surface area contributed by atoms with E-state index >= 15 is 0 Å². The van der Waals surface area contributed by atoms with Gasteiger partial charge in [0.05, 0.1) is 25.4 Å². The summed E-state index contributed by atoms with van der Waals surface area (Å²) < 4.78 is 7.21. The second kappa shape index (κ2) is 4.32. The maximum Gasteiger partial charge on any atom is 0.193 e. The molecule has 0 aromatic carbocycles. The zero-order valence-corrected chi connectivity index (χ0v) is 9.47. The maximum absolute atomic E-state index is 9.70. The number of ether oxygens (including phenoxy) is 1. The van der Waals surface area contributed by atoms with Gasteiger partial charge in [0.25, 0.3) is 0 Å². The molecule has 4 atom stereocenters. The van der Waals surface area contributed by atoms with Crippen LogP contribution < -0.4 is 5.32 Å². The summed E-state index contributed by atoms with van der Waals surface area (Å²) in [5, 5.41) is 31.3. The van der Waals surface area contributed by atoms with Crippen molar-refractivity contribution < 1.29 is 20.1 Å². The standard InChI is InChI=1S/C10H14N4O4/c15-2-6-5(16)1-7(18-6)14-4-13-8-9(14)11-3-12-10(8)17/h3-7,10,15-17H,1-2H2,(H,11,12)/t5-,6+,7+,10-/m0/s1. The number of rotatable bonds is 2. The summed E-state index contributed by atoms with van der Waals surface area (Å²) in [6.07, 6.45) is 0.577. The van der Waals surface area contributed by atoms with E-state index in [4.69, 9.17) is 9.84 Å². The van der Waals surface area contributed by atoms with Gasteiger partial charge in [0.15, 0.2) is 6.23 Å². The Morgan fingerprint density at radius 2 is 2.33 bits per heavy atom. The fourth-order valence-electron chi connectivity index (χ4n) is 2.22. The summed E-state index contributed by atoms with van der Waals surface area (Å²) in [5.41, 5.74) is 0.419. The van der Waals surface area contributed by atoms with E-state index in [0.717, 1.165) is 0 Å². The van der Waals surface area contributed by atoms with Gasteiger partial charge in [-0.25, -0.2) is 9.98 Å². The lowest BCUT2D eigenvalue weighted by molar-refractivity contribution is -0.0437. The third kappa shape index (κ3) is 1.70. The summed E-state index contributed by atoms with van der Waals surface area (Å²) in [7, 11) is 0. The van der Waals surface area contributed by atoms with Crippen LogP contribution in [0.15, 0.2) is 11.3 Å². The first kappa shape index (κ1) is 11.6. The number of nitrogens with one attached hydrogen (secondary N) is 1. The number of fused-ring (bicyclic) bond motifs is 1. The van der Waals surface area contributed by atoms with Crippen molar-refractivity contribution in [2.75, 3.05) is 11.9 Å². The highest BCUT2D eigenvalue weighted by Gasteiger charge is 2.36. The van der Waals surface area contributed by atoms with Gasteiger partial charge in [0.2, 0.25) is 0 Å². The van der Waals surface area contributed by atoms with Gasteiger partial charge < -0.3 is 25.4 Å². The van der Waals surface area contributed by atoms with Crippen LogP contribution in [0.3, 0.4) is 0 Å². The molecule has 0 spiro atoms. The Bertz CT molecular complexity index is 474. The van der Waals surface area contributed by atoms with Crippen LogP contribution in [0.4, 0.5) is 5.82 Å². The molecule has 8 heteroatoms. The van der Waals surface area contributed by atoms with Crippen molar-refractivity contribution in [1.29, 1.82) is 0 Å². The summed E-state index contributed by atoms with van der Waals surface area (Å²) in [6.45, 7) is -0.230. The first-order valence-electron chi connectivity index (χ1n) is 5.68. The smallest absolute Gasteiger partial charge is 0.193 e. The number of aliphatic hydroxyl groups is 3. The minimum Gasteiger partial charge on any atom is -0.394 e. The van der Waals surface area contributed by atoms with Crippen LogP contribution >= 0.6 is 0 Å². The summed E-state index contributed by atoms with van der Waals surface area (Å²) in [5.74, 6) is 0.591. The number of imidazole rings is 1. The number of aliphatic imine (C=N–C) groups is 1. The monoisotopic (exact) mass is 254 g/mol. The number of hydrogen-bond donors (Lipinski definition) is 4. The Morgan fingerprint density at radius 3 is 3.06 bits per heavy atom. The molecule has 98 valence electrons. The largest absolute Gasteiger partial charge is 0.394 e. The number of nitrogens with zero attached hydrogens (tertiary/aromatic N) is 3. The molecule has 0 amide bonds. The van der Waals surface area contributed by atoms with E-state index in [-0.39, 0.29) is 6.61 Å². The SMILES string of the molecule is OC[C@H]1O[C@@H](n2cnc3c2NC=N[C@H]3O)C[C@@H]1O. The molecule has 18 heavy (non-hydrogen) atoms. The molecule has 1 fully saturated rings. The number of hydrogen-bond acceptors (Lipinski definition) is 7. The summed E-state index contributed by atoms with van der Waals surface area (Å²) in [4.78, 5) is 7.84. The Morgan fingerprint density at radius 1 is 1.50 bits per heavy atom. The van der Waals surface area contributed by atoms with Crippen LogP contribution in [0.2, 0.25) is 0 Å². The van der Waals surface area contributed by atoms with Crippen molar-refractivity contribution in [3.8, 4) is 0 Å². The van der Waals surface area contributed by atoms with Crippen molar-refractivity contribution in [3.63, 3.8) is 0 Å². The predicted molar refractivity (Wildman–Crippen MR) is 60.9 cm³/mol. The van der Waals surface area contributed by atoms with E-state index in [0.29, 0.717) is 17.9 Å². The second-order valence-electron chi connectivity index (χ2n) is 4.30. The van der Waals surface area contributed by atoms with Gasteiger partial charge in [-0.3, -0.25) is 4.57 Å². The summed E-state index contributed by atoms with van der Waals surface area (Å²) >= 11 is 0. The third-order valence-electron chi connectivity index (χ3n) is 3.18. The van der Waals surface area contributed by atoms with E-state index in [1.807, 2.05) is 0 Å². The molecule has 3 heterocycles. The van der Waals surface area contributed by atoms with Crippen molar-refractivity contribution >= 4 is 12.2 Å². The Balaban J connectivity index is 1.87. The summed E-state index contributed by atoms with van der Waals surface area (Å²) in [6, 6.07) is 0. The van der Waals surface area contributed by atoms with E-state index < -0.39 is 24.7 Å². The molecule has 0 bridgehead atoms. The highest BCUT2D eigenvalue weighted by Crippen LogP contribution is 2.34. The minimum atomic E-state index is -0.984. The molecule has 0 radical (unpaired) electrons. The molecule has 4 N–H and O–H groups in total. The van der Waals surface area contributed by atoms with E-state index in [2.05, 4.69) is 15.3 Å². The van der Waals surface area contributed by atoms with Gasteiger partial charge in [-0.15, -0.1) is 0 Å². The molecular formula is C10H14N4O4.